The van der Waals surface area contributed by atoms with Crippen LogP contribution in [0, 0.1) is 11.6 Å². The van der Waals surface area contributed by atoms with E-state index < -0.39 is 11.6 Å². The van der Waals surface area contributed by atoms with Gasteiger partial charge in [-0.3, -0.25) is 4.79 Å². The summed E-state index contributed by atoms with van der Waals surface area (Å²) < 4.78 is 26.3. The molecule has 0 amide bonds. The number of nitrogens with zero attached hydrogens (tertiary/aromatic N) is 2. The second-order valence-electron chi connectivity index (χ2n) is 3.07. The Balaban J connectivity index is 2.57. The molecule has 0 bridgehead atoms. The summed E-state index contributed by atoms with van der Waals surface area (Å²) in [5, 5.41) is 0. The number of aldehydes is 1. The Labute approximate surface area is 89.8 Å². The van der Waals surface area contributed by atoms with Crippen molar-refractivity contribution in [2.75, 3.05) is 0 Å². The van der Waals surface area contributed by atoms with Crippen molar-refractivity contribution in [1.82, 2.24) is 9.97 Å². The third kappa shape index (κ3) is 1.93. The van der Waals surface area contributed by atoms with Gasteiger partial charge in [-0.15, -0.1) is 0 Å². The molecule has 1 heterocycles. The quantitative estimate of drug-likeness (QED) is 0.729. The number of rotatable bonds is 2. The van der Waals surface area contributed by atoms with Crippen LogP contribution in [-0.2, 0) is 0 Å². The van der Waals surface area contributed by atoms with Crippen LogP contribution in [0.4, 0.5) is 8.78 Å². The molecule has 1 aromatic heterocycles. The van der Waals surface area contributed by atoms with Gasteiger partial charge in [-0.1, -0.05) is 0 Å². The molecule has 5 heteroatoms. The minimum absolute atomic E-state index is 0.00509. The van der Waals surface area contributed by atoms with Crippen LogP contribution in [0.2, 0.25) is 0 Å². The highest BCUT2D eigenvalue weighted by molar-refractivity contribution is 5.74. The monoisotopic (exact) mass is 220 g/mol. The summed E-state index contributed by atoms with van der Waals surface area (Å²) in [5.74, 6) is -1.17. The van der Waals surface area contributed by atoms with Gasteiger partial charge in [0.05, 0.1) is 5.69 Å². The highest BCUT2D eigenvalue weighted by atomic mass is 19.1. The predicted octanol–water partition coefficient (Wildman–Crippen LogP) is 2.23. The third-order valence-electron chi connectivity index (χ3n) is 2.01. The summed E-state index contributed by atoms with van der Waals surface area (Å²) in [5.41, 5.74) is 0.299. The molecule has 1 aromatic carbocycles. The Bertz CT molecular complexity index is 543. The highest BCUT2D eigenvalue weighted by Crippen LogP contribution is 2.21. The van der Waals surface area contributed by atoms with Gasteiger partial charge < -0.3 is 0 Å². The van der Waals surface area contributed by atoms with Crippen LogP contribution in [0.3, 0.4) is 0 Å². The van der Waals surface area contributed by atoms with Gasteiger partial charge in [0.25, 0.3) is 0 Å². The molecule has 0 saturated carbocycles. The fraction of sp³-hybridized carbons (Fsp3) is 0. The SMILES string of the molecule is O=Cc1cc(-c2cc(F)ccc2F)ncn1. The highest BCUT2D eigenvalue weighted by Gasteiger charge is 2.08. The topological polar surface area (TPSA) is 42.9 Å². The van der Waals surface area contributed by atoms with Crippen LogP contribution in [0.15, 0.2) is 30.6 Å². The van der Waals surface area contributed by atoms with E-state index in [1.54, 1.807) is 0 Å². The molecule has 0 radical (unpaired) electrons. The Morgan fingerprint density at radius 1 is 1.12 bits per heavy atom. The zero-order valence-corrected chi connectivity index (χ0v) is 8.02. The maximum Gasteiger partial charge on any atom is 0.168 e. The van der Waals surface area contributed by atoms with Gasteiger partial charge in [0, 0.05) is 5.56 Å². The van der Waals surface area contributed by atoms with E-state index in [4.69, 9.17) is 0 Å². The summed E-state index contributed by atoms with van der Waals surface area (Å²) >= 11 is 0. The van der Waals surface area contributed by atoms with E-state index in [0.29, 0.717) is 6.29 Å². The van der Waals surface area contributed by atoms with Crippen LogP contribution < -0.4 is 0 Å². The van der Waals surface area contributed by atoms with Gasteiger partial charge in [0.15, 0.2) is 6.29 Å². The molecule has 0 aliphatic carbocycles. The van der Waals surface area contributed by atoms with E-state index in [0.717, 1.165) is 24.5 Å². The Hall–Kier alpha value is -2.17. The average Bonchev–Trinajstić information content (AvgIpc) is 2.32. The van der Waals surface area contributed by atoms with Crippen molar-refractivity contribution in [3.63, 3.8) is 0 Å². The summed E-state index contributed by atoms with van der Waals surface area (Å²) in [6.45, 7) is 0. The second-order valence-corrected chi connectivity index (χ2v) is 3.07. The standard InChI is InChI=1S/C11H6F2N2O/c12-7-1-2-10(13)9(3-7)11-4-8(5-16)14-6-15-11/h1-6H. The van der Waals surface area contributed by atoms with Crippen molar-refractivity contribution in [2.24, 2.45) is 0 Å². The molecule has 0 atom stereocenters. The molecule has 2 aromatic rings. The largest absolute Gasteiger partial charge is 0.296 e. The third-order valence-corrected chi connectivity index (χ3v) is 2.01. The number of halogens is 2. The maximum atomic E-state index is 13.4. The number of aromatic nitrogens is 2. The van der Waals surface area contributed by atoms with Gasteiger partial charge in [0.2, 0.25) is 0 Å². The molecule has 80 valence electrons. The zero-order valence-electron chi connectivity index (χ0n) is 8.02. The molecule has 16 heavy (non-hydrogen) atoms. The normalized spacial score (nSPS) is 10.1. The van der Waals surface area contributed by atoms with E-state index in [-0.39, 0.29) is 17.0 Å². The van der Waals surface area contributed by atoms with Crippen LogP contribution in [0.1, 0.15) is 10.5 Å². The molecule has 0 fully saturated rings. The van der Waals surface area contributed by atoms with Gasteiger partial charge in [-0.2, -0.15) is 0 Å². The van der Waals surface area contributed by atoms with Crippen molar-refractivity contribution < 1.29 is 13.6 Å². The van der Waals surface area contributed by atoms with Crippen molar-refractivity contribution in [3.8, 4) is 11.3 Å². The lowest BCUT2D eigenvalue weighted by atomic mass is 10.1. The lowest BCUT2D eigenvalue weighted by Gasteiger charge is -2.02. The van der Waals surface area contributed by atoms with Crippen LogP contribution in [0.5, 0.6) is 0 Å². The van der Waals surface area contributed by atoms with Gasteiger partial charge in [-0.25, -0.2) is 18.7 Å². The fourth-order valence-electron chi connectivity index (χ4n) is 1.28. The van der Waals surface area contributed by atoms with E-state index in [2.05, 4.69) is 9.97 Å². The first-order valence-corrected chi connectivity index (χ1v) is 4.43. The van der Waals surface area contributed by atoms with Gasteiger partial charge >= 0.3 is 0 Å². The zero-order chi connectivity index (χ0) is 11.5. The first-order valence-electron chi connectivity index (χ1n) is 4.43. The van der Waals surface area contributed by atoms with Crippen molar-refractivity contribution in [1.29, 1.82) is 0 Å². The minimum Gasteiger partial charge on any atom is -0.296 e. The molecule has 0 N–H and O–H groups in total. The van der Waals surface area contributed by atoms with Crippen LogP contribution in [0.25, 0.3) is 11.3 Å². The minimum atomic E-state index is -0.600. The van der Waals surface area contributed by atoms with Crippen LogP contribution >= 0.6 is 0 Å². The molecule has 0 aliphatic heterocycles. The van der Waals surface area contributed by atoms with E-state index >= 15 is 0 Å². The first-order chi connectivity index (χ1) is 7.70. The maximum absolute atomic E-state index is 13.4. The first kappa shape index (κ1) is 10.4. The summed E-state index contributed by atoms with van der Waals surface area (Å²) in [4.78, 5) is 17.9. The van der Waals surface area contributed by atoms with Gasteiger partial charge in [0.1, 0.15) is 23.7 Å². The molecule has 0 saturated heterocycles. The Kier molecular flexibility index (Phi) is 2.68. The summed E-state index contributed by atoms with van der Waals surface area (Å²) in [6.07, 6.45) is 1.64. The number of benzene rings is 1. The van der Waals surface area contributed by atoms with Gasteiger partial charge in [-0.05, 0) is 24.3 Å². The van der Waals surface area contributed by atoms with Crippen LogP contribution in [-0.4, -0.2) is 16.3 Å². The summed E-state index contributed by atoms with van der Waals surface area (Å²) in [6, 6.07) is 4.34. The molecular weight excluding hydrogens is 214 g/mol. The molecule has 3 nitrogen and oxygen atoms in total. The lowest BCUT2D eigenvalue weighted by molar-refractivity contribution is 0.111. The number of hydrogen-bond donors (Lipinski definition) is 0. The van der Waals surface area contributed by atoms with E-state index in [1.165, 1.54) is 6.07 Å². The van der Waals surface area contributed by atoms with Crippen molar-refractivity contribution >= 4 is 6.29 Å². The Morgan fingerprint density at radius 2 is 1.94 bits per heavy atom. The second kappa shape index (κ2) is 4.14. The molecule has 0 spiro atoms. The predicted molar refractivity (Wildman–Crippen MR) is 52.8 cm³/mol. The summed E-state index contributed by atoms with van der Waals surface area (Å²) in [7, 11) is 0. The van der Waals surface area contributed by atoms with Crippen molar-refractivity contribution in [2.45, 2.75) is 0 Å². The van der Waals surface area contributed by atoms with Crippen molar-refractivity contribution in [3.05, 3.63) is 47.9 Å². The Morgan fingerprint density at radius 3 is 2.69 bits per heavy atom. The number of carbonyl (C=O) groups excluding carboxylic acids is 1. The smallest absolute Gasteiger partial charge is 0.168 e. The molecular formula is C11H6F2N2O. The number of hydrogen-bond acceptors (Lipinski definition) is 3. The number of carbonyl (C=O) groups is 1. The molecule has 0 unspecified atom stereocenters. The molecule has 2 rings (SSSR count). The fourth-order valence-corrected chi connectivity index (χ4v) is 1.28. The van der Waals surface area contributed by atoms with E-state index in [1.807, 2.05) is 0 Å². The van der Waals surface area contributed by atoms with E-state index in [9.17, 15) is 13.6 Å². The lowest BCUT2D eigenvalue weighted by Crippen LogP contribution is -1.93. The molecule has 0 aliphatic rings. The average molecular weight is 220 g/mol.